The van der Waals surface area contributed by atoms with E-state index in [-0.39, 0.29) is 0 Å². The molecule has 6 heteroatoms. The number of H-pyrrole nitrogens is 1. The Morgan fingerprint density at radius 3 is 2.55 bits per heavy atom. The Morgan fingerprint density at radius 2 is 1.72 bits per heavy atom. The van der Waals surface area contributed by atoms with Gasteiger partial charge in [0.2, 0.25) is 11.8 Å². The highest BCUT2D eigenvalue weighted by molar-refractivity contribution is 5.96. The van der Waals surface area contributed by atoms with Crippen molar-refractivity contribution in [2.45, 2.75) is 18.8 Å². The molecule has 2 aromatic carbocycles. The monoisotopic (exact) mass is 379 g/mol. The fraction of sp³-hybridized carbons (Fsp3) is 0.130. The first kappa shape index (κ1) is 16.2. The average Bonchev–Trinajstić information content (AvgIpc) is 3.36. The van der Waals surface area contributed by atoms with E-state index in [2.05, 4.69) is 26.2 Å². The minimum atomic E-state index is 0.496. The van der Waals surface area contributed by atoms with E-state index in [1.165, 1.54) is 12.8 Å². The van der Waals surface area contributed by atoms with Crippen LogP contribution in [0.4, 0.5) is 0 Å². The maximum atomic E-state index is 5.93. The van der Waals surface area contributed by atoms with Gasteiger partial charge < -0.3 is 9.40 Å². The molecular weight excluding hydrogens is 362 g/mol. The molecule has 3 aromatic heterocycles. The fourth-order valence-electron chi connectivity index (χ4n) is 3.59. The van der Waals surface area contributed by atoms with Gasteiger partial charge in [0.05, 0.1) is 17.6 Å². The predicted molar refractivity (Wildman–Crippen MR) is 110 cm³/mol. The summed E-state index contributed by atoms with van der Waals surface area (Å²) in [7, 11) is 0. The number of benzene rings is 2. The highest BCUT2D eigenvalue weighted by Gasteiger charge is 2.25. The Labute approximate surface area is 166 Å². The largest absolute Gasteiger partial charge is 0.416 e. The van der Waals surface area contributed by atoms with Gasteiger partial charge >= 0.3 is 0 Å². The van der Waals surface area contributed by atoms with Crippen molar-refractivity contribution >= 4 is 10.9 Å². The van der Waals surface area contributed by atoms with Crippen molar-refractivity contribution in [3.05, 3.63) is 72.8 Å². The maximum Gasteiger partial charge on any atom is 0.248 e. The molecule has 1 N–H and O–H groups in total. The quantitative estimate of drug-likeness (QED) is 0.463. The van der Waals surface area contributed by atoms with Crippen LogP contribution in [0.15, 0.2) is 71.5 Å². The normalized spacial score (nSPS) is 13.8. The SMILES string of the molecule is c1ccc(-c2nnc(-c3ccc4[nH]cc(-c5cncc(C6CC6)n5)c4c3)o2)cc1. The molecule has 0 amide bonds. The van der Waals surface area contributed by atoms with Crippen molar-refractivity contribution in [2.75, 3.05) is 0 Å². The molecular formula is C23H17N5O. The molecule has 0 saturated heterocycles. The second kappa shape index (κ2) is 6.38. The van der Waals surface area contributed by atoms with Gasteiger partial charge in [0.15, 0.2) is 0 Å². The third-order valence-corrected chi connectivity index (χ3v) is 5.30. The molecule has 5 aromatic rings. The molecule has 1 aliphatic rings. The third-order valence-electron chi connectivity index (χ3n) is 5.30. The summed E-state index contributed by atoms with van der Waals surface area (Å²) < 4.78 is 5.93. The summed E-state index contributed by atoms with van der Waals surface area (Å²) in [4.78, 5) is 12.6. The second-order valence-corrected chi connectivity index (χ2v) is 7.34. The Kier molecular flexibility index (Phi) is 3.56. The van der Waals surface area contributed by atoms with Crippen LogP contribution in [0.1, 0.15) is 24.5 Å². The van der Waals surface area contributed by atoms with Crippen LogP contribution < -0.4 is 0 Å². The number of fused-ring (bicyclic) bond motifs is 1. The number of hydrogen-bond donors (Lipinski definition) is 1. The van der Waals surface area contributed by atoms with Crippen LogP contribution >= 0.6 is 0 Å². The maximum absolute atomic E-state index is 5.93. The van der Waals surface area contributed by atoms with E-state index in [1.54, 1.807) is 0 Å². The molecule has 6 nitrogen and oxygen atoms in total. The van der Waals surface area contributed by atoms with Crippen LogP contribution in [0, 0.1) is 0 Å². The van der Waals surface area contributed by atoms with Crippen LogP contribution in [0.25, 0.3) is 45.1 Å². The number of aromatic nitrogens is 5. The van der Waals surface area contributed by atoms with Crippen molar-refractivity contribution in [1.29, 1.82) is 0 Å². The molecule has 140 valence electrons. The van der Waals surface area contributed by atoms with Gasteiger partial charge in [-0.3, -0.25) is 4.98 Å². The van der Waals surface area contributed by atoms with Gasteiger partial charge in [-0.15, -0.1) is 10.2 Å². The summed E-state index contributed by atoms with van der Waals surface area (Å²) in [5, 5.41) is 9.51. The van der Waals surface area contributed by atoms with Crippen LogP contribution in [0.5, 0.6) is 0 Å². The summed E-state index contributed by atoms with van der Waals surface area (Å²) in [6, 6.07) is 15.9. The molecule has 0 bridgehead atoms. The highest BCUT2D eigenvalue weighted by Crippen LogP contribution is 2.39. The van der Waals surface area contributed by atoms with Crippen LogP contribution in [0.2, 0.25) is 0 Å². The molecule has 0 aliphatic heterocycles. The number of nitrogens with zero attached hydrogens (tertiary/aromatic N) is 4. The lowest BCUT2D eigenvalue weighted by Gasteiger charge is -2.03. The fourth-order valence-corrected chi connectivity index (χ4v) is 3.59. The topological polar surface area (TPSA) is 80.5 Å². The third kappa shape index (κ3) is 2.89. The van der Waals surface area contributed by atoms with Crippen LogP contribution in [0.3, 0.4) is 0 Å². The van der Waals surface area contributed by atoms with Gasteiger partial charge in [0, 0.05) is 45.9 Å². The smallest absolute Gasteiger partial charge is 0.248 e. The minimum absolute atomic E-state index is 0.496. The van der Waals surface area contributed by atoms with Gasteiger partial charge in [-0.2, -0.15) is 0 Å². The summed E-state index contributed by atoms with van der Waals surface area (Å²) in [5.74, 6) is 1.58. The number of rotatable bonds is 4. The Hall–Kier alpha value is -3.80. The lowest BCUT2D eigenvalue weighted by molar-refractivity contribution is 0.584. The Balaban J connectivity index is 1.41. The van der Waals surface area contributed by atoms with Crippen molar-refractivity contribution in [2.24, 2.45) is 0 Å². The van der Waals surface area contributed by atoms with E-state index in [0.29, 0.717) is 17.7 Å². The molecule has 0 spiro atoms. The first-order chi connectivity index (χ1) is 14.3. The predicted octanol–water partition coefficient (Wildman–Crippen LogP) is 5.22. The molecule has 0 atom stereocenters. The highest BCUT2D eigenvalue weighted by atomic mass is 16.4. The lowest BCUT2D eigenvalue weighted by atomic mass is 10.1. The molecule has 29 heavy (non-hydrogen) atoms. The average molecular weight is 379 g/mol. The Morgan fingerprint density at radius 1 is 0.897 bits per heavy atom. The van der Waals surface area contributed by atoms with Crippen LogP contribution in [-0.2, 0) is 0 Å². The number of aromatic amines is 1. The van der Waals surface area contributed by atoms with Crippen molar-refractivity contribution < 1.29 is 4.42 Å². The van der Waals surface area contributed by atoms with Gasteiger partial charge in [-0.1, -0.05) is 18.2 Å². The summed E-state index contributed by atoms with van der Waals surface area (Å²) >= 11 is 0. The van der Waals surface area contributed by atoms with E-state index in [0.717, 1.165) is 39.0 Å². The first-order valence-corrected chi connectivity index (χ1v) is 9.68. The van der Waals surface area contributed by atoms with E-state index in [4.69, 9.17) is 9.40 Å². The molecule has 0 unspecified atom stereocenters. The van der Waals surface area contributed by atoms with Crippen molar-refractivity contribution in [1.82, 2.24) is 25.1 Å². The van der Waals surface area contributed by atoms with Gasteiger partial charge in [-0.05, 0) is 43.2 Å². The summed E-state index contributed by atoms with van der Waals surface area (Å²) in [5.41, 5.74) is 5.80. The van der Waals surface area contributed by atoms with E-state index < -0.39 is 0 Å². The lowest BCUT2D eigenvalue weighted by Crippen LogP contribution is -1.91. The second-order valence-electron chi connectivity index (χ2n) is 7.34. The molecule has 1 saturated carbocycles. The van der Waals surface area contributed by atoms with Crippen molar-refractivity contribution in [3.8, 4) is 34.2 Å². The van der Waals surface area contributed by atoms with Crippen molar-refractivity contribution in [3.63, 3.8) is 0 Å². The zero-order chi connectivity index (χ0) is 19.2. The number of nitrogens with one attached hydrogen (secondary N) is 1. The van der Waals surface area contributed by atoms with Gasteiger partial charge in [0.25, 0.3) is 0 Å². The summed E-state index contributed by atoms with van der Waals surface area (Å²) in [6.07, 6.45) is 8.10. The van der Waals surface area contributed by atoms with Gasteiger partial charge in [0.1, 0.15) is 0 Å². The number of hydrogen-bond acceptors (Lipinski definition) is 5. The van der Waals surface area contributed by atoms with E-state index in [9.17, 15) is 0 Å². The molecule has 1 aliphatic carbocycles. The van der Waals surface area contributed by atoms with Crippen LogP contribution in [-0.4, -0.2) is 25.1 Å². The molecule has 6 rings (SSSR count). The zero-order valence-electron chi connectivity index (χ0n) is 15.5. The van der Waals surface area contributed by atoms with Gasteiger partial charge in [-0.25, -0.2) is 4.98 Å². The molecule has 3 heterocycles. The van der Waals surface area contributed by atoms with E-state index in [1.807, 2.05) is 61.1 Å². The standard InChI is InChI=1S/C23H17N5O/c1-2-4-15(5-3-1)22-27-28-23(29-22)16-8-9-19-17(10-16)18(11-25-19)21-13-24-12-20(26-21)14-6-7-14/h1-5,8-14,25H,6-7H2. The van der Waals surface area contributed by atoms with E-state index >= 15 is 0 Å². The zero-order valence-corrected chi connectivity index (χ0v) is 15.5. The molecule has 1 fully saturated rings. The Bertz CT molecular complexity index is 1320. The first-order valence-electron chi connectivity index (χ1n) is 9.68. The summed E-state index contributed by atoms with van der Waals surface area (Å²) in [6.45, 7) is 0. The minimum Gasteiger partial charge on any atom is -0.416 e. The molecule has 0 radical (unpaired) electrons.